The zero-order valence-corrected chi connectivity index (χ0v) is 19.3. The summed E-state index contributed by atoms with van der Waals surface area (Å²) in [7, 11) is -3.39. The molecule has 2 fully saturated rings. The Balaban J connectivity index is 1.24. The molecule has 2 aromatic rings. The van der Waals surface area contributed by atoms with Gasteiger partial charge < -0.3 is 4.90 Å². The Labute approximate surface area is 189 Å². The van der Waals surface area contributed by atoms with Gasteiger partial charge in [0, 0.05) is 50.7 Å². The highest BCUT2D eigenvalue weighted by atomic mass is 32.2. The van der Waals surface area contributed by atoms with Gasteiger partial charge in [0.25, 0.3) is 0 Å². The molecule has 0 unspecified atom stereocenters. The van der Waals surface area contributed by atoms with E-state index in [0.29, 0.717) is 23.7 Å². The summed E-state index contributed by atoms with van der Waals surface area (Å²) in [5.41, 5.74) is 1.30. The lowest BCUT2D eigenvalue weighted by molar-refractivity contribution is -0.130. The molecule has 0 radical (unpaired) electrons. The van der Waals surface area contributed by atoms with Gasteiger partial charge in [-0.3, -0.25) is 9.69 Å². The number of carbonyl (C=O) groups excluding carboxylic acids is 1. The third-order valence-electron chi connectivity index (χ3n) is 5.86. The molecule has 0 aliphatic carbocycles. The lowest BCUT2D eigenvalue weighted by atomic mass is 10.2. The first kappa shape index (κ1) is 22.3. The minimum atomic E-state index is -3.39. The van der Waals surface area contributed by atoms with Crippen LogP contribution >= 0.6 is 11.8 Å². The highest BCUT2D eigenvalue weighted by molar-refractivity contribution is 8.00. The molecule has 0 atom stereocenters. The molecular formula is C23H29N3O3S2. The van der Waals surface area contributed by atoms with Gasteiger partial charge in [-0.05, 0) is 42.7 Å². The van der Waals surface area contributed by atoms with E-state index in [-0.39, 0.29) is 5.91 Å². The van der Waals surface area contributed by atoms with Crippen molar-refractivity contribution in [1.29, 1.82) is 0 Å². The Bertz CT molecular complexity index is 967. The first-order chi connectivity index (χ1) is 15.0. The van der Waals surface area contributed by atoms with Crippen molar-refractivity contribution in [2.75, 3.05) is 45.0 Å². The van der Waals surface area contributed by atoms with Gasteiger partial charge in [0.05, 0.1) is 10.6 Å². The van der Waals surface area contributed by atoms with E-state index in [2.05, 4.69) is 29.2 Å². The molecule has 8 heteroatoms. The summed E-state index contributed by atoms with van der Waals surface area (Å²) < 4.78 is 26.8. The van der Waals surface area contributed by atoms with Crippen molar-refractivity contribution in [2.45, 2.75) is 29.2 Å². The standard InChI is InChI=1S/C23H29N3O3S2/c27-23(25-16-14-24(15-17-25)18-20-6-2-1-3-7-20)19-30-21-8-10-22(11-9-21)31(28,29)26-12-4-5-13-26/h1-3,6-11H,4-5,12-19H2. The van der Waals surface area contributed by atoms with Gasteiger partial charge in [0.15, 0.2) is 0 Å². The number of amides is 1. The van der Waals surface area contributed by atoms with Gasteiger partial charge in [-0.2, -0.15) is 4.31 Å². The smallest absolute Gasteiger partial charge is 0.243 e. The van der Waals surface area contributed by atoms with E-state index >= 15 is 0 Å². The van der Waals surface area contributed by atoms with Crippen LogP contribution in [0.2, 0.25) is 0 Å². The van der Waals surface area contributed by atoms with E-state index in [1.165, 1.54) is 17.3 Å². The van der Waals surface area contributed by atoms with Crippen molar-refractivity contribution in [1.82, 2.24) is 14.1 Å². The maximum atomic E-state index is 12.6. The first-order valence-electron chi connectivity index (χ1n) is 10.8. The van der Waals surface area contributed by atoms with E-state index in [9.17, 15) is 13.2 Å². The van der Waals surface area contributed by atoms with Crippen molar-refractivity contribution in [3.63, 3.8) is 0 Å². The summed E-state index contributed by atoms with van der Waals surface area (Å²) in [4.78, 5) is 18.2. The minimum absolute atomic E-state index is 0.137. The monoisotopic (exact) mass is 459 g/mol. The number of hydrogen-bond acceptors (Lipinski definition) is 5. The third-order valence-corrected chi connectivity index (χ3v) is 8.77. The highest BCUT2D eigenvalue weighted by Gasteiger charge is 2.27. The summed E-state index contributed by atoms with van der Waals surface area (Å²) in [6.07, 6.45) is 1.85. The normalized spacial score (nSPS) is 18.4. The number of hydrogen-bond donors (Lipinski definition) is 0. The molecule has 0 N–H and O–H groups in total. The van der Waals surface area contributed by atoms with Gasteiger partial charge in [0.1, 0.15) is 0 Å². The third kappa shape index (κ3) is 5.68. The van der Waals surface area contributed by atoms with Crippen LogP contribution in [0.4, 0.5) is 0 Å². The molecule has 166 valence electrons. The number of rotatable bonds is 7. The second-order valence-corrected chi connectivity index (χ2v) is 11.0. The van der Waals surface area contributed by atoms with Crippen LogP contribution in [0, 0.1) is 0 Å². The SMILES string of the molecule is O=C(CSc1ccc(S(=O)(=O)N2CCCC2)cc1)N1CCN(Cc2ccccc2)CC1. The largest absolute Gasteiger partial charge is 0.339 e. The Hall–Kier alpha value is -1.87. The van der Waals surface area contributed by atoms with Crippen molar-refractivity contribution >= 4 is 27.7 Å². The average molecular weight is 460 g/mol. The number of sulfonamides is 1. The summed E-state index contributed by atoms with van der Waals surface area (Å²) >= 11 is 1.46. The second-order valence-electron chi connectivity index (χ2n) is 8.01. The van der Waals surface area contributed by atoms with Crippen LogP contribution in [-0.4, -0.2) is 73.5 Å². The van der Waals surface area contributed by atoms with Crippen LogP contribution in [0.1, 0.15) is 18.4 Å². The molecule has 0 bridgehead atoms. The molecule has 2 heterocycles. The van der Waals surface area contributed by atoms with Gasteiger partial charge in [-0.15, -0.1) is 11.8 Å². The molecule has 6 nitrogen and oxygen atoms in total. The van der Waals surface area contributed by atoms with Crippen LogP contribution in [0.15, 0.2) is 64.4 Å². The maximum absolute atomic E-state index is 12.6. The molecule has 0 aromatic heterocycles. The molecule has 31 heavy (non-hydrogen) atoms. The van der Waals surface area contributed by atoms with Gasteiger partial charge >= 0.3 is 0 Å². The molecule has 2 aromatic carbocycles. The topological polar surface area (TPSA) is 60.9 Å². The lowest BCUT2D eigenvalue weighted by Gasteiger charge is -2.34. The van der Waals surface area contributed by atoms with Crippen molar-refractivity contribution in [2.24, 2.45) is 0 Å². The van der Waals surface area contributed by atoms with Crippen LogP contribution in [-0.2, 0) is 21.4 Å². The van der Waals surface area contributed by atoms with E-state index in [1.807, 2.05) is 11.0 Å². The maximum Gasteiger partial charge on any atom is 0.243 e. The molecule has 4 rings (SSSR count). The van der Waals surface area contributed by atoms with Crippen LogP contribution in [0.25, 0.3) is 0 Å². The fourth-order valence-corrected chi connectivity index (χ4v) is 6.34. The van der Waals surface area contributed by atoms with Gasteiger partial charge in [-0.25, -0.2) is 8.42 Å². The predicted octanol–water partition coefficient (Wildman–Crippen LogP) is 2.91. The first-order valence-corrected chi connectivity index (χ1v) is 13.2. The number of carbonyl (C=O) groups is 1. The quantitative estimate of drug-likeness (QED) is 0.596. The zero-order valence-electron chi connectivity index (χ0n) is 17.7. The van der Waals surface area contributed by atoms with Crippen molar-refractivity contribution in [3.8, 4) is 0 Å². The highest BCUT2D eigenvalue weighted by Crippen LogP contribution is 2.24. The van der Waals surface area contributed by atoms with Crippen LogP contribution < -0.4 is 0 Å². The van der Waals surface area contributed by atoms with E-state index in [1.54, 1.807) is 28.6 Å². The number of nitrogens with zero attached hydrogens (tertiary/aromatic N) is 3. The summed E-state index contributed by atoms with van der Waals surface area (Å²) in [6.45, 7) is 5.39. The van der Waals surface area contributed by atoms with Gasteiger partial charge in [0.2, 0.25) is 15.9 Å². The summed E-state index contributed by atoms with van der Waals surface area (Å²) in [5.74, 6) is 0.509. The molecule has 2 aliphatic heterocycles. The average Bonchev–Trinajstić information content (AvgIpc) is 3.35. The molecule has 2 saturated heterocycles. The summed E-state index contributed by atoms with van der Waals surface area (Å²) in [6, 6.07) is 17.3. The Morgan fingerprint density at radius 2 is 1.48 bits per heavy atom. The zero-order chi connectivity index (χ0) is 21.7. The fourth-order valence-electron chi connectivity index (χ4n) is 4.02. The van der Waals surface area contributed by atoms with Crippen LogP contribution in [0.3, 0.4) is 0 Å². The fraction of sp³-hybridized carbons (Fsp3) is 0.435. The van der Waals surface area contributed by atoms with Crippen LogP contribution in [0.5, 0.6) is 0 Å². The van der Waals surface area contributed by atoms with E-state index in [4.69, 9.17) is 0 Å². The van der Waals surface area contributed by atoms with E-state index in [0.717, 1.165) is 50.5 Å². The Morgan fingerprint density at radius 3 is 2.13 bits per heavy atom. The number of thioether (sulfide) groups is 1. The molecule has 0 saturated carbocycles. The van der Waals surface area contributed by atoms with Crippen molar-refractivity contribution < 1.29 is 13.2 Å². The van der Waals surface area contributed by atoms with E-state index < -0.39 is 10.0 Å². The Kier molecular flexibility index (Phi) is 7.32. The summed E-state index contributed by atoms with van der Waals surface area (Å²) in [5, 5.41) is 0. The second kappa shape index (κ2) is 10.2. The van der Waals surface area contributed by atoms with Crippen molar-refractivity contribution in [3.05, 3.63) is 60.2 Å². The molecule has 1 amide bonds. The molecule has 2 aliphatic rings. The molecular weight excluding hydrogens is 430 g/mol. The minimum Gasteiger partial charge on any atom is -0.339 e. The molecule has 0 spiro atoms. The lowest BCUT2D eigenvalue weighted by Crippen LogP contribution is -2.48. The Morgan fingerprint density at radius 1 is 0.839 bits per heavy atom. The predicted molar refractivity (Wildman–Crippen MR) is 123 cm³/mol. The number of piperazine rings is 1. The number of benzene rings is 2. The van der Waals surface area contributed by atoms with Gasteiger partial charge in [-0.1, -0.05) is 30.3 Å².